The largest absolute Gasteiger partial charge is 0.507 e. The summed E-state index contributed by atoms with van der Waals surface area (Å²) in [6.07, 6.45) is 0. The number of halogens is 1. The van der Waals surface area contributed by atoms with Gasteiger partial charge in [-0.1, -0.05) is 0 Å². The van der Waals surface area contributed by atoms with Crippen molar-refractivity contribution in [2.45, 2.75) is 0 Å². The molecule has 0 aromatic heterocycles. The Morgan fingerprint density at radius 1 is 1.05 bits per heavy atom. The van der Waals surface area contributed by atoms with Crippen LogP contribution in [0.25, 0.3) is 0 Å². The number of carboxylic acid groups (broad SMARTS) is 1. The number of aromatic carboxylic acids is 1. The maximum absolute atomic E-state index is 12.7. The quantitative estimate of drug-likeness (QED) is 0.751. The van der Waals surface area contributed by atoms with Crippen molar-refractivity contribution in [2.24, 2.45) is 0 Å². The first-order chi connectivity index (χ1) is 9.47. The normalized spacial score (nSPS) is 10.1. The number of benzene rings is 2. The van der Waals surface area contributed by atoms with Crippen LogP contribution in [0.2, 0.25) is 0 Å². The molecule has 0 atom stereocenters. The van der Waals surface area contributed by atoms with Crippen molar-refractivity contribution in [3.05, 3.63) is 59.4 Å². The number of carboxylic acids is 1. The van der Waals surface area contributed by atoms with E-state index in [-0.39, 0.29) is 16.8 Å². The van der Waals surface area contributed by atoms with Gasteiger partial charge < -0.3 is 15.5 Å². The first kappa shape index (κ1) is 13.5. The van der Waals surface area contributed by atoms with E-state index in [0.717, 1.165) is 18.2 Å². The van der Waals surface area contributed by atoms with Crippen molar-refractivity contribution < 1.29 is 24.2 Å². The van der Waals surface area contributed by atoms with Crippen LogP contribution >= 0.6 is 0 Å². The van der Waals surface area contributed by atoms with Gasteiger partial charge in [0.05, 0.1) is 0 Å². The van der Waals surface area contributed by atoms with E-state index >= 15 is 0 Å². The summed E-state index contributed by atoms with van der Waals surface area (Å²) < 4.78 is 12.7. The summed E-state index contributed by atoms with van der Waals surface area (Å²) in [4.78, 5) is 22.7. The highest BCUT2D eigenvalue weighted by atomic mass is 19.1. The minimum Gasteiger partial charge on any atom is -0.507 e. The number of nitrogens with one attached hydrogen (secondary N) is 1. The van der Waals surface area contributed by atoms with Gasteiger partial charge in [-0.15, -0.1) is 0 Å². The molecule has 5 nitrogen and oxygen atoms in total. The van der Waals surface area contributed by atoms with Gasteiger partial charge in [-0.25, -0.2) is 9.18 Å². The van der Waals surface area contributed by atoms with Crippen molar-refractivity contribution in [1.82, 2.24) is 0 Å². The van der Waals surface area contributed by atoms with Crippen LogP contribution in [0.15, 0.2) is 42.5 Å². The van der Waals surface area contributed by atoms with Crippen LogP contribution in [0, 0.1) is 5.82 Å². The van der Waals surface area contributed by atoms with E-state index in [4.69, 9.17) is 5.11 Å². The van der Waals surface area contributed by atoms with E-state index in [9.17, 15) is 19.1 Å². The molecule has 1 amide bonds. The highest BCUT2D eigenvalue weighted by Gasteiger charge is 2.12. The zero-order chi connectivity index (χ0) is 14.7. The molecule has 0 unspecified atom stereocenters. The topological polar surface area (TPSA) is 86.6 Å². The Kier molecular flexibility index (Phi) is 3.65. The molecule has 0 radical (unpaired) electrons. The third-order valence-electron chi connectivity index (χ3n) is 2.59. The smallest absolute Gasteiger partial charge is 0.339 e. The van der Waals surface area contributed by atoms with Gasteiger partial charge in [0.25, 0.3) is 5.91 Å². The Morgan fingerprint density at radius 2 is 1.70 bits per heavy atom. The molecule has 0 bridgehead atoms. The number of phenols is 1. The summed E-state index contributed by atoms with van der Waals surface area (Å²) in [5, 5.41) is 20.7. The molecule has 3 N–H and O–H groups in total. The molecule has 0 heterocycles. The van der Waals surface area contributed by atoms with Gasteiger partial charge in [0, 0.05) is 11.3 Å². The van der Waals surface area contributed by atoms with Crippen LogP contribution in [0.1, 0.15) is 20.7 Å². The average Bonchev–Trinajstić information content (AvgIpc) is 2.41. The second-order valence-electron chi connectivity index (χ2n) is 4.00. The van der Waals surface area contributed by atoms with Crippen LogP contribution < -0.4 is 5.32 Å². The Labute approximate surface area is 113 Å². The van der Waals surface area contributed by atoms with Crippen molar-refractivity contribution in [3.63, 3.8) is 0 Å². The maximum Gasteiger partial charge on any atom is 0.339 e. The molecule has 2 aromatic rings. The maximum atomic E-state index is 12.7. The molecule has 0 saturated carbocycles. The van der Waals surface area contributed by atoms with Crippen LogP contribution in [0.5, 0.6) is 5.75 Å². The number of amides is 1. The van der Waals surface area contributed by atoms with Crippen molar-refractivity contribution in [1.29, 1.82) is 0 Å². The van der Waals surface area contributed by atoms with E-state index in [2.05, 4.69) is 5.32 Å². The molecule has 2 aromatic carbocycles. The fourth-order valence-corrected chi connectivity index (χ4v) is 1.59. The molecule has 2 rings (SSSR count). The molecule has 0 fully saturated rings. The number of hydrogen-bond acceptors (Lipinski definition) is 3. The Balaban J connectivity index is 2.21. The molecule has 20 heavy (non-hydrogen) atoms. The Morgan fingerprint density at radius 3 is 2.30 bits per heavy atom. The molecule has 0 aliphatic rings. The number of hydrogen-bond donors (Lipinski definition) is 3. The predicted octanol–water partition coefficient (Wildman–Crippen LogP) is 2.48. The molecule has 0 aliphatic carbocycles. The highest BCUT2D eigenvalue weighted by molar-refractivity contribution is 6.05. The molecule has 6 heteroatoms. The van der Waals surface area contributed by atoms with Crippen LogP contribution in [-0.4, -0.2) is 22.1 Å². The number of carbonyl (C=O) groups is 2. The first-order valence-electron chi connectivity index (χ1n) is 5.60. The summed E-state index contributed by atoms with van der Waals surface area (Å²) in [6.45, 7) is 0. The number of anilines is 1. The second-order valence-corrected chi connectivity index (χ2v) is 4.00. The lowest BCUT2D eigenvalue weighted by molar-refractivity contribution is 0.0693. The fraction of sp³-hybridized carbons (Fsp3) is 0. The SMILES string of the molecule is O=C(Nc1ccc(O)c(C(=O)O)c1)c1ccc(F)cc1. The third kappa shape index (κ3) is 2.92. The lowest BCUT2D eigenvalue weighted by atomic mass is 10.1. The van der Waals surface area contributed by atoms with E-state index in [1.807, 2.05) is 0 Å². The highest BCUT2D eigenvalue weighted by Crippen LogP contribution is 2.21. The summed E-state index contributed by atoms with van der Waals surface area (Å²) in [5.41, 5.74) is 0.132. The standard InChI is InChI=1S/C14H10FNO4/c15-9-3-1-8(2-4-9)13(18)16-10-5-6-12(17)11(7-10)14(19)20/h1-7,17H,(H,16,18)(H,19,20). The molecular weight excluding hydrogens is 265 g/mol. The van der Waals surface area contributed by atoms with Gasteiger partial charge in [-0.2, -0.15) is 0 Å². The lowest BCUT2D eigenvalue weighted by Gasteiger charge is -2.07. The van der Waals surface area contributed by atoms with E-state index in [1.165, 1.54) is 24.3 Å². The minimum absolute atomic E-state index is 0.217. The lowest BCUT2D eigenvalue weighted by Crippen LogP contribution is -2.12. The van der Waals surface area contributed by atoms with Gasteiger partial charge >= 0.3 is 5.97 Å². The number of aromatic hydroxyl groups is 1. The fourth-order valence-electron chi connectivity index (χ4n) is 1.59. The summed E-state index contributed by atoms with van der Waals surface area (Å²) in [7, 11) is 0. The van der Waals surface area contributed by atoms with Crippen LogP contribution in [-0.2, 0) is 0 Å². The molecule has 0 spiro atoms. The van der Waals surface area contributed by atoms with Gasteiger partial charge in [0.15, 0.2) is 0 Å². The zero-order valence-corrected chi connectivity index (χ0v) is 10.1. The van der Waals surface area contributed by atoms with Crippen LogP contribution in [0.4, 0.5) is 10.1 Å². The zero-order valence-electron chi connectivity index (χ0n) is 10.1. The summed E-state index contributed by atoms with van der Waals surface area (Å²) in [5.74, 6) is -2.66. The molecule has 0 aliphatic heterocycles. The number of carbonyl (C=O) groups excluding carboxylic acids is 1. The Bertz CT molecular complexity index is 667. The van der Waals surface area contributed by atoms with Crippen molar-refractivity contribution in [3.8, 4) is 5.75 Å². The van der Waals surface area contributed by atoms with E-state index in [1.54, 1.807) is 0 Å². The van der Waals surface area contributed by atoms with Gasteiger partial charge in [-0.05, 0) is 42.5 Å². The number of rotatable bonds is 3. The van der Waals surface area contributed by atoms with Gasteiger partial charge in [-0.3, -0.25) is 4.79 Å². The molecule has 0 saturated heterocycles. The van der Waals surface area contributed by atoms with Crippen LogP contribution in [0.3, 0.4) is 0 Å². The van der Waals surface area contributed by atoms with Gasteiger partial charge in [0.1, 0.15) is 17.1 Å². The Hall–Kier alpha value is -2.89. The minimum atomic E-state index is -1.31. The van der Waals surface area contributed by atoms with E-state index < -0.39 is 23.4 Å². The first-order valence-corrected chi connectivity index (χ1v) is 5.60. The third-order valence-corrected chi connectivity index (χ3v) is 2.59. The molecular formula is C14H10FNO4. The predicted molar refractivity (Wildman–Crippen MR) is 69.4 cm³/mol. The summed E-state index contributed by atoms with van der Waals surface area (Å²) >= 11 is 0. The average molecular weight is 275 g/mol. The second kappa shape index (κ2) is 5.40. The monoisotopic (exact) mass is 275 g/mol. The molecule has 102 valence electrons. The van der Waals surface area contributed by atoms with E-state index in [0.29, 0.717) is 0 Å². The van der Waals surface area contributed by atoms with Crippen molar-refractivity contribution >= 4 is 17.6 Å². The van der Waals surface area contributed by atoms with Crippen molar-refractivity contribution in [2.75, 3.05) is 5.32 Å². The summed E-state index contributed by atoms with van der Waals surface area (Å²) in [6, 6.07) is 8.58. The van der Waals surface area contributed by atoms with Gasteiger partial charge in [0.2, 0.25) is 0 Å².